The monoisotopic (exact) mass is 372 g/mol. The third-order valence-corrected chi connectivity index (χ3v) is 4.22. The van der Waals surface area contributed by atoms with Crippen molar-refractivity contribution < 1.29 is 31.5 Å². The summed E-state index contributed by atoms with van der Waals surface area (Å²) in [7, 11) is 0. The van der Waals surface area contributed by atoms with Gasteiger partial charge in [-0.05, 0) is 44.2 Å². The molecular formula is C17H13F5N2O2. The molecule has 0 saturated carbocycles. The molecule has 1 aromatic carbocycles. The third-order valence-electron chi connectivity index (χ3n) is 4.22. The second kappa shape index (κ2) is 4.85. The van der Waals surface area contributed by atoms with Gasteiger partial charge in [0.05, 0.1) is 0 Å². The van der Waals surface area contributed by atoms with E-state index in [1.54, 1.807) is 38.3 Å². The molecule has 0 amide bonds. The van der Waals surface area contributed by atoms with Crippen LogP contribution >= 0.6 is 0 Å². The fourth-order valence-corrected chi connectivity index (χ4v) is 2.97. The molecule has 1 atom stereocenters. The van der Waals surface area contributed by atoms with Crippen molar-refractivity contribution in [2.24, 2.45) is 4.99 Å². The zero-order valence-corrected chi connectivity index (χ0v) is 13.6. The minimum Gasteiger partial charge on any atom is -0.466 e. The van der Waals surface area contributed by atoms with Gasteiger partial charge in [0, 0.05) is 17.3 Å². The predicted octanol–water partition coefficient (Wildman–Crippen LogP) is 4.29. The van der Waals surface area contributed by atoms with Crippen LogP contribution in [0.1, 0.15) is 25.0 Å². The van der Waals surface area contributed by atoms with E-state index in [1.807, 2.05) is 0 Å². The summed E-state index contributed by atoms with van der Waals surface area (Å²) in [6, 6.07) is 2.58. The van der Waals surface area contributed by atoms with Crippen molar-refractivity contribution in [2.75, 3.05) is 0 Å². The molecule has 0 aliphatic carbocycles. The van der Waals surface area contributed by atoms with E-state index in [-0.39, 0.29) is 17.0 Å². The summed E-state index contributed by atoms with van der Waals surface area (Å²) in [6.07, 6.45) is 0.930. The first kappa shape index (κ1) is 17.0. The topological polar surface area (TPSA) is 37.1 Å². The third kappa shape index (κ3) is 2.33. The maximum atomic E-state index is 13.8. The lowest BCUT2D eigenvalue weighted by Gasteiger charge is -2.32. The van der Waals surface area contributed by atoms with Crippen molar-refractivity contribution in [2.45, 2.75) is 37.4 Å². The lowest BCUT2D eigenvalue weighted by atomic mass is 9.93. The normalized spacial score (nSPS) is 26.0. The number of fused-ring (bicyclic) bond motifs is 2. The molecule has 0 spiro atoms. The summed E-state index contributed by atoms with van der Waals surface area (Å²) in [6.45, 7) is 3.31. The highest BCUT2D eigenvalue weighted by Gasteiger charge is 2.61. The molecule has 3 heterocycles. The van der Waals surface area contributed by atoms with Gasteiger partial charge in [0.2, 0.25) is 0 Å². The number of rotatable bonds is 2. The van der Waals surface area contributed by atoms with Crippen molar-refractivity contribution in [1.29, 1.82) is 0 Å². The van der Waals surface area contributed by atoms with E-state index < -0.39 is 29.1 Å². The van der Waals surface area contributed by atoms with Gasteiger partial charge in [-0.25, -0.2) is 14.9 Å². The minimum atomic E-state index is -5.71. The lowest BCUT2D eigenvalue weighted by molar-refractivity contribution is -0.289. The van der Waals surface area contributed by atoms with Crippen molar-refractivity contribution in [1.82, 2.24) is 5.06 Å². The maximum Gasteiger partial charge on any atom is 0.458 e. The first-order chi connectivity index (χ1) is 12.0. The average molecular weight is 372 g/mol. The standard InChI is InChI=1S/C17H13F5N2O2/c1-14(2)23-13(15-7-3-4-8-24(15)26-15)11-9-10(5-6-12(11)25-14)16(18,19)17(20,21)22/h3-9H,1-2H3. The molecule has 1 fully saturated rings. The Balaban J connectivity index is 1.86. The van der Waals surface area contributed by atoms with Crippen molar-refractivity contribution >= 4 is 5.71 Å². The molecule has 1 saturated heterocycles. The van der Waals surface area contributed by atoms with E-state index in [2.05, 4.69) is 4.99 Å². The fraction of sp³-hybridized carbons (Fsp3) is 0.353. The summed E-state index contributed by atoms with van der Waals surface area (Å²) in [5.74, 6) is -4.83. The van der Waals surface area contributed by atoms with Crippen LogP contribution < -0.4 is 4.74 Å². The van der Waals surface area contributed by atoms with Crippen LogP contribution in [0.3, 0.4) is 0 Å². The number of nitrogens with zero attached hydrogens (tertiary/aromatic N) is 2. The molecule has 0 aromatic heterocycles. The summed E-state index contributed by atoms with van der Waals surface area (Å²) >= 11 is 0. The summed E-state index contributed by atoms with van der Waals surface area (Å²) in [5, 5.41) is 1.44. The molecule has 4 nitrogen and oxygen atoms in total. The Hall–Kier alpha value is -2.42. The highest BCUT2D eigenvalue weighted by atomic mass is 19.4. The number of allylic oxidation sites excluding steroid dienone is 2. The van der Waals surface area contributed by atoms with Crippen LogP contribution in [0.5, 0.6) is 5.75 Å². The van der Waals surface area contributed by atoms with Crippen LogP contribution in [0.4, 0.5) is 22.0 Å². The molecule has 9 heteroatoms. The Labute approximate surface area is 145 Å². The van der Waals surface area contributed by atoms with Gasteiger partial charge in [0.25, 0.3) is 5.72 Å². The largest absolute Gasteiger partial charge is 0.466 e. The van der Waals surface area contributed by atoms with Gasteiger partial charge in [-0.2, -0.15) is 22.0 Å². The molecule has 3 aliphatic heterocycles. The Bertz CT molecular complexity index is 872. The quantitative estimate of drug-likeness (QED) is 0.574. The van der Waals surface area contributed by atoms with E-state index in [1.165, 1.54) is 5.06 Å². The number of aliphatic imine (C=N–C) groups is 1. The fourth-order valence-electron chi connectivity index (χ4n) is 2.97. The Morgan fingerprint density at radius 3 is 2.46 bits per heavy atom. The van der Waals surface area contributed by atoms with Gasteiger partial charge in [0.1, 0.15) is 11.5 Å². The van der Waals surface area contributed by atoms with E-state index >= 15 is 0 Å². The van der Waals surface area contributed by atoms with E-state index in [9.17, 15) is 22.0 Å². The summed E-state index contributed by atoms with van der Waals surface area (Å²) < 4.78 is 71.4. The molecular weight excluding hydrogens is 359 g/mol. The lowest BCUT2D eigenvalue weighted by Crippen LogP contribution is -2.39. The Morgan fingerprint density at radius 2 is 1.81 bits per heavy atom. The number of hydrogen-bond donors (Lipinski definition) is 0. The van der Waals surface area contributed by atoms with Crippen LogP contribution in [0.2, 0.25) is 0 Å². The molecule has 0 bridgehead atoms. The number of benzene rings is 1. The van der Waals surface area contributed by atoms with E-state index in [0.717, 1.165) is 12.1 Å². The minimum absolute atomic E-state index is 0.0354. The molecule has 1 aromatic rings. The van der Waals surface area contributed by atoms with Crippen molar-refractivity contribution in [3.8, 4) is 5.75 Å². The number of hydrogen-bond acceptors (Lipinski definition) is 4. The number of halogens is 5. The van der Waals surface area contributed by atoms with E-state index in [4.69, 9.17) is 9.57 Å². The molecule has 0 radical (unpaired) electrons. The van der Waals surface area contributed by atoms with Crippen LogP contribution in [-0.4, -0.2) is 28.4 Å². The zero-order valence-electron chi connectivity index (χ0n) is 13.6. The number of ether oxygens (including phenoxy) is 1. The van der Waals surface area contributed by atoms with Gasteiger partial charge >= 0.3 is 12.1 Å². The highest BCUT2D eigenvalue weighted by Crippen LogP contribution is 2.49. The van der Waals surface area contributed by atoms with Gasteiger partial charge in [-0.3, -0.25) is 0 Å². The maximum absolute atomic E-state index is 13.8. The van der Waals surface area contributed by atoms with Crippen molar-refractivity contribution in [3.05, 3.63) is 53.8 Å². The van der Waals surface area contributed by atoms with Gasteiger partial charge in [0.15, 0.2) is 5.72 Å². The van der Waals surface area contributed by atoms with Gasteiger partial charge in [-0.15, -0.1) is 0 Å². The molecule has 0 N–H and O–H groups in total. The van der Waals surface area contributed by atoms with E-state index in [0.29, 0.717) is 6.07 Å². The van der Waals surface area contributed by atoms with Gasteiger partial charge < -0.3 is 4.74 Å². The smallest absolute Gasteiger partial charge is 0.458 e. The second-order valence-electron chi connectivity index (χ2n) is 6.61. The Morgan fingerprint density at radius 1 is 1.08 bits per heavy atom. The summed E-state index contributed by atoms with van der Waals surface area (Å²) in [5.41, 5.74) is -3.09. The van der Waals surface area contributed by atoms with Crippen LogP contribution in [0.25, 0.3) is 0 Å². The SMILES string of the molecule is CC1(C)N=C(C23C=CC=CN2O3)c2cc(C(F)(F)C(F)(F)F)ccc2O1. The predicted molar refractivity (Wildman–Crippen MR) is 81.6 cm³/mol. The summed E-state index contributed by atoms with van der Waals surface area (Å²) in [4.78, 5) is 9.91. The molecule has 1 unspecified atom stereocenters. The van der Waals surface area contributed by atoms with Crippen molar-refractivity contribution in [3.63, 3.8) is 0 Å². The first-order valence-electron chi connectivity index (χ1n) is 7.70. The van der Waals surface area contributed by atoms with Crippen LogP contribution in [-0.2, 0) is 10.8 Å². The molecule has 138 valence electrons. The number of hydroxylamine groups is 2. The second-order valence-corrected chi connectivity index (χ2v) is 6.61. The highest BCUT2D eigenvalue weighted by molar-refractivity contribution is 6.11. The Kier molecular flexibility index (Phi) is 3.17. The van der Waals surface area contributed by atoms with Crippen LogP contribution in [0.15, 0.2) is 47.6 Å². The first-order valence-corrected chi connectivity index (χ1v) is 7.70. The van der Waals surface area contributed by atoms with Crippen LogP contribution in [0, 0.1) is 0 Å². The molecule has 4 rings (SSSR count). The zero-order chi connectivity index (χ0) is 19.0. The molecule has 26 heavy (non-hydrogen) atoms. The average Bonchev–Trinajstić information content (AvgIpc) is 3.27. The molecule has 3 aliphatic rings. The number of alkyl halides is 5. The van der Waals surface area contributed by atoms with Gasteiger partial charge in [-0.1, -0.05) is 6.08 Å².